The zero-order valence-electron chi connectivity index (χ0n) is 12.2. The molecule has 3 nitrogen and oxygen atoms in total. The molecule has 0 aliphatic rings. The van der Waals surface area contributed by atoms with Crippen LogP contribution in [-0.4, -0.2) is 16.8 Å². The summed E-state index contributed by atoms with van der Waals surface area (Å²) < 4.78 is 0. The topological polar surface area (TPSA) is 69.2 Å². The van der Waals surface area contributed by atoms with Crippen molar-refractivity contribution < 1.29 is 33.9 Å². The monoisotopic (exact) mass is 270 g/mol. The summed E-state index contributed by atoms with van der Waals surface area (Å²) in [4.78, 5) is 0. The van der Waals surface area contributed by atoms with E-state index in [0.29, 0.717) is 0 Å². The molecule has 98 valence electrons. The average Bonchev–Trinajstić information content (AvgIpc) is 1.41. The molecule has 0 amide bonds. The molecular weight excluding hydrogens is 243 g/mol. The van der Waals surface area contributed by atoms with E-state index in [9.17, 15) is 15.3 Å². The van der Waals surface area contributed by atoms with Gasteiger partial charge in [0.1, 0.15) is 0 Å². The second kappa shape index (κ2) is 9.49. The molecular formula is C12H27O3V. The van der Waals surface area contributed by atoms with Gasteiger partial charge in [-0.15, -0.1) is 16.8 Å². The summed E-state index contributed by atoms with van der Waals surface area (Å²) in [7, 11) is 0. The van der Waals surface area contributed by atoms with Gasteiger partial charge in [0.2, 0.25) is 0 Å². The molecule has 0 N–H and O–H groups in total. The Balaban J connectivity index is -0.0000000655. The van der Waals surface area contributed by atoms with Gasteiger partial charge in [-0.1, -0.05) is 62.3 Å². The van der Waals surface area contributed by atoms with Crippen LogP contribution in [-0.2, 0) is 18.6 Å². The molecule has 0 aliphatic heterocycles. The van der Waals surface area contributed by atoms with Gasteiger partial charge in [0.15, 0.2) is 0 Å². The van der Waals surface area contributed by atoms with Gasteiger partial charge < -0.3 is 15.3 Å². The summed E-state index contributed by atoms with van der Waals surface area (Å²) in [5.41, 5.74) is -2.25. The van der Waals surface area contributed by atoms with Crippen LogP contribution in [0.15, 0.2) is 0 Å². The molecule has 0 atom stereocenters. The zero-order valence-corrected chi connectivity index (χ0v) is 13.6. The second-order valence-corrected chi connectivity index (χ2v) is 6.34. The maximum atomic E-state index is 10.1. The van der Waals surface area contributed by atoms with Crippen molar-refractivity contribution in [1.29, 1.82) is 0 Å². The number of rotatable bonds is 0. The van der Waals surface area contributed by atoms with E-state index in [4.69, 9.17) is 0 Å². The Morgan fingerprint density at radius 1 is 0.438 bits per heavy atom. The zero-order chi connectivity index (χ0) is 13.5. The number of hydrogen-bond donors (Lipinski definition) is 0. The quantitative estimate of drug-likeness (QED) is 0.641. The van der Waals surface area contributed by atoms with Crippen LogP contribution >= 0.6 is 0 Å². The molecule has 16 heavy (non-hydrogen) atoms. The first-order valence-electron chi connectivity index (χ1n) is 5.11. The van der Waals surface area contributed by atoms with Crippen molar-refractivity contribution >= 4 is 0 Å². The van der Waals surface area contributed by atoms with Gasteiger partial charge in [0.05, 0.1) is 0 Å². The van der Waals surface area contributed by atoms with Crippen LogP contribution in [0.2, 0.25) is 0 Å². The Kier molecular flexibility index (Phi) is 15.0. The predicted molar refractivity (Wildman–Crippen MR) is 59.3 cm³/mol. The minimum Gasteiger partial charge on any atom is -0.850 e. The Labute approximate surface area is 113 Å². The first-order valence-corrected chi connectivity index (χ1v) is 5.11. The van der Waals surface area contributed by atoms with Crippen LogP contribution in [0.25, 0.3) is 0 Å². The molecule has 0 saturated heterocycles. The average molecular weight is 270 g/mol. The van der Waals surface area contributed by atoms with E-state index in [2.05, 4.69) is 0 Å². The van der Waals surface area contributed by atoms with E-state index < -0.39 is 16.8 Å². The van der Waals surface area contributed by atoms with Gasteiger partial charge in [-0.3, -0.25) is 0 Å². The fraction of sp³-hybridized carbons (Fsp3) is 1.00. The molecule has 0 heterocycles. The Morgan fingerprint density at radius 2 is 0.438 bits per heavy atom. The second-order valence-electron chi connectivity index (χ2n) is 6.34. The first kappa shape index (κ1) is 25.3. The standard InChI is InChI=1S/3C4H9O.V/c3*1-4(2,3)5;/h3*1-3H3;/q3*-1;+3. The Morgan fingerprint density at radius 3 is 0.438 bits per heavy atom. The predicted octanol–water partition coefficient (Wildman–Crippen LogP) is 0.433. The van der Waals surface area contributed by atoms with Gasteiger partial charge in [0.25, 0.3) is 0 Å². The van der Waals surface area contributed by atoms with Crippen LogP contribution < -0.4 is 15.3 Å². The van der Waals surface area contributed by atoms with E-state index in [1.165, 1.54) is 0 Å². The summed E-state index contributed by atoms with van der Waals surface area (Å²) in [6, 6.07) is 0. The molecule has 0 bridgehead atoms. The molecule has 0 aromatic heterocycles. The molecule has 4 heteroatoms. The van der Waals surface area contributed by atoms with E-state index in [0.717, 1.165) is 0 Å². The van der Waals surface area contributed by atoms with E-state index >= 15 is 0 Å². The SMILES string of the molecule is CC(C)(C)[O-].CC(C)(C)[O-].CC(C)(C)[O-].[V+3]. The molecule has 0 aromatic carbocycles. The van der Waals surface area contributed by atoms with Crippen molar-refractivity contribution in [3.8, 4) is 0 Å². The fourth-order valence-corrected chi connectivity index (χ4v) is 0. The van der Waals surface area contributed by atoms with Crippen molar-refractivity contribution in [2.45, 2.75) is 79.1 Å². The van der Waals surface area contributed by atoms with Gasteiger partial charge in [-0.2, -0.15) is 0 Å². The maximum Gasteiger partial charge on any atom is 3.00 e. The molecule has 0 fully saturated rings. The normalized spacial score (nSPS) is 11.2. The van der Waals surface area contributed by atoms with Gasteiger partial charge in [0, 0.05) is 0 Å². The van der Waals surface area contributed by atoms with Crippen molar-refractivity contribution in [1.82, 2.24) is 0 Å². The Hall–Kier alpha value is 0.464. The third-order valence-electron chi connectivity index (χ3n) is 0. The summed E-state index contributed by atoms with van der Waals surface area (Å²) in [6.07, 6.45) is 0. The molecule has 0 spiro atoms. The first-order chi connectivity index (χ1) is 6.00. The summed E-state index contributed by atoms with van der Waals surface area (Å²) in [5, 5.41) is 30.3. The number of hydrogen-bond acceptors (Lipinski definition) is 3. The van der Waals surface area contributed by atoms with E-state index in [1.54, 1.807) is 62.3 Å². The minimum absolute atomic E-state index is 0. The third-order valence-corrected chi connectivity index (χ3v) is 0. The molecule has 0 unspecified atom stereocenters. The van der Waals surface area contributed by atoms with Crippen LogP contribution in [0, 0.1) is 0 Å². The van der Waals surface area contributed by atoms with Gasteiger partial charge >= 0.3 is 18.6 Å². The van der Waals surface area contributed by atoms with Crippen LogP contribution in [0.5, 0.6) is 0 Å². The third kappa shape index (κ3) is 12200. The molecule has 0 aliphatic carbocycles. The van der Waals surface area contributed by atoms with Crippen molar-refractivity contribution in [2.24, 2.45) is 0 Å². The molecule has 0 rings (SSSR count). The van der Waals surface area contributed by atoms with Crippen LogP contribution in [0.3, 0.4) is 0 Å². The fourth-order valence-electron chi connectivity index (χ4n) is 0. The van der Waals surface area contributed by atoms with Crippen molar-refractivity contribution in [2.75, 3.05) is 0 Å². The van der Waals surface area contributed by atoms with E-state index in [1.807, 2.05) is 0 Å². The smallest absolute Gasteiger partial charge is 0.850 e. The Bertz CT molecular complexity index is 91.3. The molecule has 0 aromatic rings. The van der Waals surface area contributed by atoms with Crippen molar-refractivity contribution in [3.05, 3.63) is 0 Å². The van der Waals surface area contributed by atoms with Crippen molar-refractivity contribution in [3.63, 3.8) is 0 Å². The van der Waals surface area contributed by atoms with Crippen LogP contribution in [0.1, 0.15) is 62.3 Å². The molecule has 0 radical (unpaired) electrons. The van der Waals surface area contributed by atoms with Gasteiger partial charge in [-0.25, -0.2) is 0 Å². The summed E-state index contributed by atoms with van der Waals surface area (Å²) >= 11 is 0. The summed E-state index contributed by atoms with van der Waals surface area (Å²) in [6.45, 7) is 14.7. The van der Waals surface area contributed by atoms with E-state index in [-0.39, 0.29) is 18.6 Å². The minimum atomic E-state index is -0.750. The molecule has 0 saturated carbocycles. The van der Waals surface area contributed by atoms with Gasteiger partial charge in [-0.05, 0) is 0 Å². The largest absolute Gasteiger partial charge is 3.00 e. The maximum absolute atomic E-state index is 10.1. The van der Waals surface area contributed by atoms with Crippen LogP contribution in [0.4, 0.5) is 0 Å². The summed E-state index contributed by atoms with van der Waals surface area (Å²) in [5.74, 6) is 0.